The van der Waals surface area contributed by atoms with Gasteiger partial charge in [0.05, 0.1) is 11.8 Å². The van der Waals surface area contributed by atoms with Gasteiger partial charge in [-0.05, 0) is 24.1 Å². The van der Waals surface area contributed by atoms with Gasteiger partial charge >= 0.3 is 0 Å². The Kier molecular flexibility index (Phi) is 3.24. The van der Waals surface area contributed by atoms with Crippen LogP contribution in [-0.2, 0) is 6.54 Å². The standard InChI is InChI=1S/C16H16FN3/c1-11(18)13-7-8-14(17)16-15(13)19-10-20(16)9-12-5-3-2-4-6-12/h2-8,10-11H,9,18H2,1H3. The lowest BCUT2D eigenvalue weighted by atomic mass is 10.1. The minimum absolute atomic E-state index is 0.168. The number of hydrogen-bond donors (Lipinski definition) is 1. The molecular weight excluding hydrogens is 253 g/mol. The van der Waals surface area contributed by atoms with Crippen molar-refractivity contribution in [2.24, 2.45) is 5.73 Å². The molecule has 0 aliphatic carbocycles. The quantitative estimate of drug-likeness (QED) is 0.793. The van der Waals surface area contributed by atoms with E-state index >= 15 is 0 Å². The van der Waals surface area contributed by atoms with Gasteiger partial charge in [-0.2, -0.15) is 0 Å². The molecule has 0 spiro atoms. The van der Waals surface area contributed by atoms with Crippen LogP contribution in [0.3, 0.4) is 0 Å². The average molecular weight is 269 g/mol. The molecular formula is C16H16FN3. The molecule has 0 saturated heterocycles. The normalized spacial score (nSPS) is 12.8. The Balaban J connectivity index is 2.11. The Labute approximate surface area is 116 Å². The smallest absolute Gasteiger partial charge is 0.149 e. The molecule has 1 atom stereocenters. The predicted octanol–water partition coefficient (Wildman–Crippen LogP) is 3.24. The summed E-state index contributed by atoms with van der Waals surface area (Å²) in [7, 11) is 0. The molecule has 0 saturated carbocycles. The molecule has 0 amide bonds. The molecule has 4 heteroatoms. The minimum Gasteiger partial charge on any atom is -0.324 e. The second-order valence-corrected chi connectivity index (χ2v) is 4.98. The molecule has 2 aromatic carbocycles. The summed E-state index contributed by atoms with van der Waals surface area (Å²) in [5.74, 6) is -0.266. The molecule has 3 aromatic rings. The zero-order chi connectivity index (χ0) is 14.1. The lowest BCUT2D eigenvalue weighted by Gasteiger charge is -2.09. The summed E-state index contributed by atoms with van der Waals surface area (Å²) in [4.78, 5) is 4.34. The first-order valence-corrected chi connectivity index (χ1v) is 6.59. The zero-order valence-corrected chi connectivity index (χ0v) is 11.3. The van der Waals surface area contributed by atoms with Gasteiger partial charge in [-0.3, -0.25) is 0 Å². The van der Waals surface area contributed by atoms with E-state index in [0.717, 1.165) is 11.1 Å². The summed E-state index contributed by atoms with van der Waals surface area (Å²) in [6.45, 7) is 2.47. The lowest BCUT2D eigenvalue weighted by Crippen LogP contribution is -2.06. The lowest BCUT2D eigenvalue weighted by molar-refractivity contribution is 0.627. The van der Waals surface area contributed by atoms with Gasteiger partial charge < -0.3 is 10.3 Å². The van der Waals surface area contributed by atoms with E-state index in [2.05, 4.69) is 4.98 Å². The van der Waals surface area contributed by atoms with Crippen LogP contribution in [0.5, 0.6) is 0 Å². The van der Waals surface area contributed by atoms with E-state index < -0.39 is 0 Å². The molecule has 0 bridgehead atoms. The Bertz CT molecular complexity index is 732. The third kappa shape index (κ3) is 2.18. The number of halogens is 1. The average Bonchev–Trinajstić information content (AvgIpc) is 2.85. The zero-order valence-electron chi connectivity index (χ0n) is 11.3. The molecule has 0 radical (unpaired) electrons. The SMILES string of the molecule is CC(N)c1ccc(F)c2c1ncn2Cc1ccccc1. The van der Waals surface area contributed by atoms with Crippen LogP contribution >= 0.6 is 0 Å². The maximum absolute atomic E-state index is 14.1. The monoisotopic (exact) mass is 269 g/mol. The van der Waals surface area contributed by atoms with Gasteiger partial charge in [0, 0.05) is 12.6 Å². The molecule has 1 heterocycles. The van der Waals surface area contributed by atoms with Crippen molar-refractivity contribution in [3.05, 3.63) is 65.7 Å². The Morgan fingerprint density at radius 2 is 1.95 bits per heavy atom. The van der Waals surface area contributed by atoms with Crippen molar-refractivity contribution in [3.8, 4) is 0 Å². The molecule has 2 N–H and O–H groups in total. The largest absolute Gasteiger partial charge is 0.324 e. The van der Waals surface area contributed by atoms with Gasteiger partial charge in [-0.15, -0.1) is 0 Å². The maximum atomic E-state index is 14.1. The topological polar surface area (TPSA) is 43.8 Å². The third-order valence-electron chi connectivity index (χ3n) is 3.43. The summed E-state index contributed by atoms with van der Waals surface area (Å²) in [6.07, 6.45) is 1.67. The summed E-state index contributed by atoms with van der Waals surface area (Å²) in [6, 6.07) is 12.9. The molecule has 0 aliphatic rings. The van der Waals surface area contributed by atoms with Crippen LogP contribution in [0.4, 0.5) is 4.39 Å². The van der Waals surface area contributed by atoms with Crippen molar-refractivity contribution < 1.29 is 4.39 Å². The number of fused-ring (bicyclic) bond motifs is 1. The van der Waals surface area contributed by atoms with Gasteiger partial charge in [-0.1, -0.05) is 36.4 Å². The van der Waals surface area contributed by atoms with E-state index in [-0.39, 0.29) is 11.9 Å². The summed E-state index contributed by atoms with van der Waals surface area (Å²) in [5.41, 5.74) is 9.06. The van der Waals surface area contributed by atoms with E-state index in [1.54, 1.807) is 12.4 Å². The first-order chi connectivity index (χ1) is 9.66. The van der Waals surface area contributed by atoms with E-state index in [1.807, 2.05) is 41.8 Å². The van der Waals surface area contributed by atoms with Crippen molar-refractivity contribution in [3.63, 3.8) is 0 Å². The fraction of sp³-hybridized carbons (Fsp3) is 0.188. The number of nitrogens with two attached hydrogens (primary N) is 1. The molecule has 0 aliphatic heterocycles. The minimum atomic E-state index is -0.266. The highest BCUT2D eigenvalue weighted by atomic mass is 19.1. The van der Waals surface area contributed by atoms with E-state index in [9.17, 15) is 4.39 Å². The fourth-order valence-corrected chi connectivity index (χ4v) is 2.43. The second kappa shape index (κ2) is 5.06. The number of rotatable bonds is 3. The van der Waals surface area contributed by atoms with Gasteiger partial charge in [0.2, 0.25) is 0 Å². The summed E-state index contributed by atoms with van der Waals surface area (Å²) >= 11 is 0. The number of nitrogens with zero attached hydrogens (tertiary/aromatic N) is 2. The van der Waals surface area contributed by atoms with E-state index in [1.165, 1.54) is 6.07 Å². The molecule has 102 valence electrons. The number of benzene rings is 2. The molecule has 0 fully saturated rings. The van der Waals surface area contributed by atoms with Crippen molar-refractivity contribution in [2.45, 2.75) is 19.5 Å². The van der Waals surface area contributed by atoms with Crippen LogP contribution in [-0.4, -0.2) is 9.55 Å². The molecule has 1 unspecified atom stereocenters. The van der Waals surface area contributed by atoms with Crippen LogP contribution in [0, 0.1) is 5.82 Å². The Hall–Kier alpha value is -2.20. The number of aromatic nitrogens is 2. The third-order valence-corrected chi connectivity index (χ3v) is 3.43. The maximum Gasteiger partial charge on any atom is 0.149 e. The van der Waals surface area contributed by atoms with Crippen LogP contribution in [0.15, 0.2) is 48.8 Å². The highest BCUT2D eigenvalue weighted by molar-refractivity contribution is 5.80. The van der Waals surface area contributed by atoms with Crippen molar-refractivity contribution >= 4 is 11.0 Å². The van der Waals surface area contributed by atoms with Crippen LogP contribution in [0.25, 0.3) is 11.0 Å². The summed E-state index contributed by atoms with van der Waals surface area (Å²) < 4.78 is 15.9. The predicted molar refractivity (Wildman–Crippen MR) is 77.8 cm³/mol. The molecule has 3 rings (SSSR count). The van der Waals surface area contributed by atoms with Crippen LogP contribution < -0.4 is 5.73 Å². The fourth-order valence-electron chi connectivity index (χ4n) is 2.43. The van der Waals surface area contributed by atoms with E-state index in [0.29, 0.717) is 17.6 Å². The highest BCUT2D eigenvalue weighted by Crippen LogP contribution is 2.25. The molecule has 20 heavy (non-hydrogen) atoms. The van der Waals surface area contributed by atoms with Crippen LogP contribution in [0.2, 0.25) is 0 Å². The van der Waals surface area contributed by atoms with Gasteiger partial charge in [0.25, 0.3) is 0 Å². The Morgan fingerprint density at radius 3 is 2.65 bits per heavy atom. The first kappa shape index (κ1) is 12.8. The second-order valence-electron chi connectivity index (χ2n) is 4.98. The molecule has 3 nitrogen and oxygen atoms in total. The molecule has 1 aromatic heterocycles. The van der Waals surface area contributed by atoms with Gasteiger partial charge in [0.15, 0.2) is 0 Å². The first-order valence-electron chi connectivity index (χ1n) is 6.59. The van der Waals surface area contributed by atoms with Gasteiger partial charge in [-0.25, -0.2) is 9.37 Å². The van der Waals surface area contributed by atoms with Crippen molar-refractivity contribution in [1.82, 2.24) is 9.55 Å². The van der Waals surface area contributed by atoms with Crippen LogP contribution in [0.1, 0.15) is 24.1 Å². The number of imidazole rings is 1. The van der Waals surface area contributed by atoms with E-state index in [4.69, 9.17) is 5.73 Å². The van der Waals surface area contributed by atoms with Crippen molar-refractivity contribution in [1.29, 1.82) is 0 Å². The van der Waals surface area contributed by atoms with Gasteiger partial charge in [0.1, 0.15) is 11.3 Å². The van der Waals surface area contributed by atoms with Crippen molar-refractivity contribution in [2.75, 3.05) is 0 Å². The highest BCUT2D eigenvalue weighted by Gasteiger charge is 2.14. The summed E-state index contributed by atoms with van der Waals surface area (Å²) in [5, 5.41) is 0. The number of hydrogen-bond acceptors (Lipinski definition) is 2. The Morgan fingerprint density at radius 1 is 1.20 bits per heavy atom.